The molecule has 1 aliphatic heterocycles. The number of hydrogen-bond donors (Lipinski definition) is 0. The van der Waals surface area contributed by atoms with Crippen LogP contribution < -0.4 is 4.46 Å². The van der Waals surface area contributed by atoms with Crippen LogP contribution in [0.3, 0.4) is 0 Å². The Morgan fingerprint density at radius 1 is 1.11 bits per heavy atom. The molecule has 2 aromatic rings. The minimum absolute atomic E-state index is 0.000868. The molecule has 1 aliphatic rings. The summed E-state index contributed by atoms with van der Waals surface area (Å²) in [6.07, 6.45) is 0.534. The van der Waals surface area contributed by atoms with Gasteiger partial charge in [-0.2, -0.15) is 0 Å². The van der Waals surface area contributed by atoms with Crippen LogP contribution in [0.1, 0.15) is 18.9 Å². The van der Waals surface area contributed by atoms with Crippen molar-refractivity contribution in [3.63, 3.8) is 0 Å². The van der Waals surface area contributed by atoms with Crippen LogP contribution in [0.5, 0.6) is 0 Å². The zero-order chi connectivity index (χ0) is 19.1. The summed E-state index contributed by atoms with van der Waals surface area (Å²) < 4.78 is 6.53. The number of piperidine rings is 1. The van der Waals surface area contributed by atoms with Crippen molar-refractivity contribution in [1.82, 2.24) is 4.90 Å². The molecule has 0 amide bonds. The number of carbonyl (C=O) groups excluding carboxylic acids is 2. The number of esters is 1. The van der Waals surface area contributed by atoms with Gasteiger partial charge in [0.25, 0.3) is 0 Å². The number of rotatable bonds is 7. The molecule has 5 heteroatoms. The first kappa shape index (κ1) is 19.8. The topological polar surface area (TPSA) is 46.6 Å². The standard InChI is InChI=1S/C22H25NO3Se/c1-2-26-21(25)22(17-27-19-11-7-4-8-12-19)13-14-23(16-20(22)24)15-18-9-5-3-6-10-18/h3-12H,2,13-17H2,1H3. The number of ether oxygens (including phenoxy) is 1. The fourth-order valence-electron chi connectivity index (χ4n) is 3.32. The van der Waals surface area contributed by atoms with Gasteiger partial charge in [0.15, 0.2) is 0 Å². The van der Waals surface area contributed by atoms with Gasteiger partial charge in [0.1, 0.15) is 0 Å². The van der Waals surface area contributed by atoms with Crippen LogP contribution in [0, 0.1) is 5.41 Å². The summed E-state index contributed by atoms with van der Waals surface area (Å²) >= 11 is 0.0608. The molecule has 1 fully saturated rings. The van der Waals surface area contributed by atoms with Crippen molar-refractivity contribution in [3.05, 3.63) is 66.2 Å². The third-order valence-corrected chi connectivity index (χ3v) is 7.51. The Hall–Kier alpha value is -1.94. The molecular weight excluding hydrogens is 405 g/mol. The fourth-order valence-corrected chi connectivity index (χ4v) is 5.81. The molecule has 3 rings (SSSR count). The van der Waals surface area contributed by atoms with Crippen LogP contribution in [0.15, 0.2) is 60.7 Å². The number of carbonyl (C=O) groups is 2. The monoisotopic (exact) mass is 431 g/mol. The number of hydrogen-bond acceptors (Lipinski definition) is 4. The minimum atomic E-state index is -0.987. The van der Waals surface area contributed by atoms with E-state index in [4.69, 9.17) is 4.74 Å². The quantitative estimate of drug-likeness (QED) is 0.385. The fraction of sp³-hybridized carbons (Fsp3) is 0.364. The van der Waals surface area contributed by atoms with Crippen molar-refractivity contribution >= 4 is 31.2 Å². The van der Waals surface area contributed by atoms with E-state index >= 15 is 0 Å². The third-order valence-electron chi connectivity index (χ3n) is 4.90. The van der Waals surface area contributed by atoms with Gasteiger partial charge >= 0.3 is 167 Å². The number of likely N-dealkylation sites (tertiary alicyclic amines) is 1. The van der Waals surface area contributed by atoms with E-state index in [1.54, 1.807) is 6.92 Å². The molecule has 1 saturated heterocycles. The van der Waals surface area contributed by atoms with E-state index < -0.39 is 5.41 Å². The zero-order valence-corrected chi connectivity index (χ0v) is 17.3. The summed E-state index contributed by atoms with van der Waals surface area (Å²) in [5.41, 5.74) is 0.196. The van der Waals surface area contributed by atoms with Crippen molar-refractivity contribution in [3.8, 4) is 0 Å². The molecule has 0 radical (unpaired) electrons. The second kappa shape index (κ2) is 9.32. The van der Waals surface area contributed by atoms with Gasteiger partial charge in [-0.15, -0.1) is 0 Å². The predicted molar refractivity (Wildman–Crippen MR) is 107 cm³/mol. The third kappa shape index (κ3) is 4.86. The van der Waals surface area contributed by atoms with E-state index in [1.807, 2.05) is 36.4 Å². The van der Waals surface area contributed by atoms with Crippen molar-refractivity contribution in [2.45, 2.75) is 25.2 Å². The van der Waals surface area contributed by atoms with Crippen LogP contribution in [0.2, 0.25) is 5.32 Å². The average Bonchev–Trinajstić information content (AvgIpc) is 2.69. The van der Waals surface area contributed by atoms with E-state index in [9.17, 15) is 9.59 Å². The van der Waals surface area contributed by atoms with Crippen LogP contribution in [-0.4, -0.2) is 51.3 Å². The van der Waals surface area contributed by atoms with Gasteiger partial charge in [-0.1, -0.05) is 0 Å². The Morgan fingerprint density at radius 2 is 1.78 bits per heavy atom. The van der Waals surface area contributed by atoms with E-state index in [0.29, 0.717) is 24.9 Å². The maximum atomic E-state index is 13.1. The van der Waals surface area contributed by atoms with Crippen LogP contribution >= 0.6 is 0 Å². The maximum absolute atomic E-state index is 13.1. The summed E-state index contributed by atoms with van der Waals surface area (Å²) in [4.78, 5) is 28.0. The molecular formula is C22H25NO3Se. The summed E-state index contributed by atoms with van der Waals surface area (Å²) in [6.45, 7) is 3.86. The van der Waals surface area contributed by atoms with E-state index in [1.165, 1.54) is 10.0 Å². The second-order valence-electron chi connectivity index (χ2n) is 6.77. The summed E-state index contributed by atoms with van der Waals surface area (Å²) in [7, 11) is 0. The van der Waals surface area contributed by atoms with E-state index in [-0.39, 0.29) is 26.7 Å². The van der Waals surface area contributed by atoms with Crippen LogP contribution in [0.4, 0.5) is 0 Å². The molecule has 0 N–H and O–H groups in total. The summed E-state index contributed by atoms with van der Waals surface area (Å²) in [6, 6.07) is 20.2. The molecule has 0 aliphatic carbocycles. The molecule has 1 heterocycles. The Labute approximate surface area is 167 Å². The molecule has 0 saturated carbocycles. The summed E-state index contributed by atoms with van der Waals surface area (Å²) in [5.74, 6) is -0.340. The molecule has 2 aromatic carbocycles. The normalized spacial score (nSPS) is 20.4. The Balaban J connectivity index is 1.71. The number of ketones is 1. The van der Waals surface area contributed by atoms with Crippen molar-refractivity contribution < 1.29 is 14.3 Å². The van der Waals surface area contributed by atoms with Gasteiger partial charge in [0, 0.05) is 0 Å². The van der Waals surface area contributed by atoms with Crippen molar-refractivity contribution in [2.75, 3.05) is 19.7 Å². The average molecular weight is 430 g/mol. The first-order valence-electron chi connectivity index (χ1n) is 9.29. The molecule has 0 aromatic heterocycles. The first-order chi connectivity index (χ1) is 13.1. The molecule has 1 atom stereocenters. The van der Waals surface area contributed by atoms with Crippen molar-refractivity contribution in [1.29, 1.82) is 0 Å². The van der Waals surface area contributed by atoms with E-state index in [0.717, 1.165) is 13.1 Å². The van der Waals surface area contributed by atoms with Gasteiger partial charge in [0.2, 0.25) is 0 Å². The second-order valence-corrected chi connectivity index (χ2v) is 8.97. The van der Waals surface area contributed by atoms with Gasteiger partial charge in [-0.05, 0) is 0 Å². The molecule has 4 nitrogen and oxygen atoms in total. The number of benzene rings is 2. The molecule has 142 valence electrons. The molecule has 0 bridgehead atoms. The molecule has 0 spiro atoms. The zero-order valence-electron chi connectivity index (χ0n) is 15.6. The van der Waals surface area contributed by atoms with Crippen LogP contribution in [0.25, 0.3) is 0 Å². The van der Waals surface area contributed by atoms with Gasteiger partial charge in [-0.3, -0.25) is 0 Å². The van der Waals surface area contributed by atoms with Gasteiger partial charge < -0.3 is 0 Å². The SMILES string of the molecule is CCOC(=O)C1(C[Se]c2ccccc2)CCN(Cc2ccccc2)CC1=O. The van der Waals surface area contributed by atoms with Gasteiger partial charge in [0.05, 0.1) is 0 Å². The first-order valence-corrected chi connectivity index (χ1v) is 11.4. The molecule has 27 heavy (non-hydrogen) atoms. The Bertz CT molecular complexity index is 766. The van der Waals surface area contributed by atoms with Crippen LogP contribution in [-0.2, 0) is 20.9 Å². The van der Waals surface area contributed by atoms with Gasteiger partial charge in [-0.25, -0.2) is 0 Å². The number of nitrogens with zero attached hydrogens (tertiary/aromatic N) is 1. The predicted octanol–water partition coefficient (Wildman–Crippen LogP) is 2.46. The van der Waals surface area contributed by atoms with E-state index in [2.05, 4.69) is 29.2 Å². The number of Topliss-reactive ketones (excluding diaryl/α,β-unsaturated/α-hetero) is 1. The Kier molecular flexibility index (Phi) is 6.83. The molecule has 1 unspecified atom stereocenters. The Morgan fingerprint density at radius 3 is 2.41 bits per heavy atom. The van der Waals surface area contributed by atoms with Crippen molar-refractivity contribution in [2.24, 2.45) is 5.41 Å². The summed E-state index contributed by atoms with van der Waals surface area (Å²) in [5, 5.41) is 0.570.